The van der Waals surface area contributed by atoms with Gasteiger partial charge < -0.3 is 24.8 Å². The molecule has 0 unspecified atom stereocenters. The first-order valence-electron chi connectivity index (χ1n) is 12.1. The Hall–Kier alpha value is -2.47. The van der Waals surface area contributed by atoms with Gasteiger partial charge in [-0.15, -0.1) is 0 Å². The van der Waals surface area contributed by atoms with E-state index in [1.807, 2.05) is 24.3 Å². The number of hydrogen-bond donors (Lipinski definition) is 2. The Morgan fingerprint density at radius 3 is 2.56 bits per heavy atom. The maximum atomic E-state index is 12.8. The maximum absolute atomic E-state index is 12.8. The molecular weight excluding hydrogens is 490 g/mol. The van der Waals surface area contributed by atoms with Crippen molar-refractivity contribution in [1.82, 2.24) is 14.9 Å². The molecule has 11 heteroatoms. The van der Waals surface area contributed by atoms with Crippen LogP contribution in [-0.2, 0) is 16.3 Å². The first-order valence-corrected chi connectivity index (χ1v) is 15.1. The highest BCUT2D eigenvalue weighted by Gasteiger charge is 2.36. The van der Waals surface area contributed by atoms with Crippen molar-refractivity contribution in [3.63, 3.8) is 0 Å². The van der Waals surface area contributed by atoms with Gasteiger partial charge in [-0.2, -0.15) is 4.98 Å². The van der Waals surface area contributed by atoms with Crippen LogP contribution in [0, 0.1) is 0 Å². The third kappa shape index (κ3) is 5.29. The van der Waals surface area contributed by atoms with Crippen molar-refractivity contribution >= 4 is 62.9 Å². The smallest absolute Gasteiger partial charge is 0.229 e. The zero-order chi connectivity index (χ0) is 26.3. The van der Waals surface area contributed by atoms with Crippen LogP contribution < -0.4 is 20.7 Å². The molecular formula is C25H33B2ClN5O2P. The SMILES string of the molecule is BC1(B)c2cc(Nc3ncc(Cl)c(Nc4ccccc4P(C)(C)=O)n3)c(OC)cc2CCN1C(C)C. The van der Waals surface area contributed by atoms with E-state index in [1.165, 1.54) is 11.1 Å². The summed E-state index contributed by atoms with van der Waals surface area (Å²) in [7, 11) is 3.69. The van der Waals surface area contributed by atoms with Crippen LogP contribution in [0.25, 0.3) is 0 Å². The number of rotatable bonds is 7. The molecule has 0 spiro atoms. The Bertz CT molecular complexity index is 1330. The van der Waals surface area contributed by atoms with E-state index in [4.69, 9.17) is 16.3 Å². The summed E-state index contributed by atoms with van der Waals surface area (Å²) in [6.45, 7) is 8.96. The summed E-state index contributed by atoms with van der Waals surface area (Å²) in [4.78, 5) is 11.5. The number of hydrogen-bond acceptors (Lipinski definition) is 7. The quantitative estimate of drug-likeness (QED) is 0.362. The maximum Gasteiger partial charge on any atom is 0.229 e. The van der Waals surface area contributed by atoms with Gasteiger partial charge >= 0.3 is 0 Å². The lowest BCUT2D eigenvalue weighted by Crippen LogP contribution is -2.54. The van der Waals surface area contributed by atoms with Gasteiger partial charge in [0.2, 0.25) is 5.95 Å². The highest BCUT2D eigenvalue weighted by atomic mass is 35.5. The summed E-state index contributed by atoms with van der Waals surface area (Å²) in [5.41, 5.74) is 4.04. The first kappa shape index (κ1) is 26.6. The van der Waals surface area contributed by atoms with E-state index in [0.717, 1.165) is 29.7 Å². The molecule has 1 aliphatic rings. The van der Waals surface area contributed by atoms with Crippen LogP contribution in [0.1, 0.15) is 25.0 Å². The van der Waals surface area contributed by atoms with Crippen molar-refractivity contribution in [3.8, 4) is 5.75 Å². The molecule has 188 valence electrons. The predicted octanol–water partition coefficient (Wildman–Crippen LogP) is 3.52. The number of methoxy groups -OCH3 is 1. The number of ether oxygens (including phenoxy) is 1. The zero-order valence-electron chi connectivity index (χ0n) is 22.0. The third-order valence-corrected chi connectivity index (χ3v) is 8.60. The lowest BCUT2D eigenvalue weighted by atomic mass is 9.54. The standard InChI is InChI=1S/C25H33B2ClN5O2P/c1-15(2)33-11-10-16-12-21(35-3)20(13-17(16)25(33,26)27)31-24-29-14-18(28)23(32-24)30-19-8-6-7-9-22(19)36(4,5)34/h6-9,12-15H,10-11,26-27H2,1-5H3,(H2,29,30,31,32). The molecule has 0 fully saturated rings. The molecule has 3 aromatic rings. The van der Waals surface area contributed by atoms with Crippen LogP contribution in [0.2, 0.25) is 5.02 Å². The lowest BCUT2D eigenvalue weighted by Gasteiger charge is -2.47. The van der Waals surface area contributed by atoms with E-state index < -0.39 is 7.14 Å². The van der Waals surface area contributed by atoms with Crippen molar-refractivity contribution in [1.29, 1.82) is 0 Å². The van der Waals surface area contributed by atoms with Crippen molar-refractivity contribution in [2.75, 3.05) is 37.6 Å². The normalized spacial score (nSPS) is 15.4. The Morgan fingerprint density at radius 2 is 1.89 bits per heavy atom. The highest BCUT2D eigenvalue weighted by molar-refractivity contribution is 7.70. The minimum Gasteiger partial charge on any atom is -0.495 e. The van der Waals surface area contributed by atoms with Crippen LogP contribution >= 0.6 is 18.7 Å². The fourth-order valence-corrected chi connectivity index (χ4v) is 6.35. The number of para-hydroxylation sites is 1. The van der Waals surface area contributed by atoms with Crippen molar-refractivity contribution in [2.45, 2.75) is 31.6 Å². The monoisotopic (exact) mass is 523 g/mol. The summed E-state index contributed by atoms with van der Waals surface area (Å²) in [5.74, 6) is 1.54. The minimum atomic E-state index is -2.51. The van der Waals surface area contributed by atoms with E-state index >= 15 is 0 Å². The van der Waals surface area contributed by atoms with Crippen LogP contribution in [0.3, 0.4) is 0 Å². The minimum absolute atomic E-state index is 0.129. The Labute approximate surface area is 220 Å². The third-order valence-electron chi connectivity index (χ3n) is 6.78. The van der Waals surface area contributed by atoms with E-state index in [0.29, 0.717) is 28.5 Å². The number of anilines is 4. The molecule has 0 saturated carbocycles. The second-order valence-corrected chi connectivity index (χ2v) is 13.9. The van der Waals surface area contributed by atoms with Crippen LogP contribution in [0.15, 0.2) is 42.6 Å². The zero-order valence-corrected chi connectivity index (χ0v) is 23.7. The average molecular weight is 524 g/mol. The van der Waals surface area contributed by atoms with E-state index in [1.54, 1.807) is 26.6 Å². The largest absolute Gasteiger partial charge is 0.495 e. The Morgan fingerprint density at radius 1 is 1.17 bits per heavy atom. The van der Waals surface area contributed by atoms with Gasteiger partial charge in [-0.05, 0) is 74.3 Å². The fourth-order valence-electron chi connectivity index (χ4n) is 5.06. The van der Waals surface area contributed by atoms with E-state index in [9.17, 15) is 4.57 Å². The number of nitrogens with zero attached hydrogens (tertiary/aromatic N) is 3. The van der Waals surface area contributed by atoms with Crippen LogP contribution in [0.4, 0.5) is 23.1 Å². The molecule has 0 aliphatic carbocycles. The molecule has 0 radical (unpaired) electrons. The molecule has 7 nitrogen and oxygen atoms in total. The number of benzene rings is 2. The molecule has 0 amide bonds. The summed E-state index contributed by atoms with van der Waals surface area (Å²) in [6.07, 6.45) is 2.52. The number of halogens is 1. The molecule has 1 aromatic heterocycles. The van der Waals surface area contributed by atoms with Gasteiger partial charge in [-0.1, -0.05) is 23.7 Å². The van der Waals surface area contributed by atoms with E-state index in [2.05, 4.69) is 67.2 Å². The molecule has 0 bridgehead atoms. The fraction of sp³-hybridized carbons (Fsp3) is 0.360. The van der Waals surface area contributed by atoms with Gasteiger partial charge in [0.1, 0.15) is 33.6 Å². The van der Waals surface area contributed by atoms with E-state index in [-0.39, 0.29) is 5.34 Å². The van der Waals surface area contributed by atoms with Crippen LogP contribution in [0.5, 0.6) is 5.75 Å². The second-order valence-electron chi connectivity index (χ2n) is 10.3. The average Bonchev–Trinajstić information content (AvgIpc) is 2.80. The lowest BCUT2D eigenvalue weighted by molar-refractivity contribution is 0.164. The van der Waals surface area contributed by atoms with Gasteiger partial charge in [-0.25, -0.2) is 4.98 Å². The highest BCUT2D eigenvalue weighted by Crippen LogP contribution is 2.40. The predicted molar refractivity (Wildman–Crippen MR) is 156 cm³/mol. The van der Waals surface area contributed by atoms with Crippen molar-refractivity contribution < 1.29 is 9.30 Å². The summed E-state index contributed by atoms with van der Waals surface area (Å²) < 4.78 is 18.5. The topological polar surface area (TPSA) is 79.4 Å². The van der Waals surface area contributed by atoms with Gasteiger partial charge in [-0.3, -0.25) is 0 Å². The van der Waals surface area contributed by atoms with Crippen molar-refractivity contribution in [3.05, 3.63) is 58.7 Å². The first-order chi connectivity index (χ1) is 16.9. The molecule has 1 aliphatic heterocycles. The number of aromatic nitrogens is 2. The molecule has 2 heterocycles. The number of fused-ring (bicyclic) bond motifs is 1. The molecule has 36 heavy (non-hydrogen) atoms. The molecule has 4 rings (SSSR count). The molecule has 0 atom stereocenters. The number of nitrogens with one attached hydrogen (secondary N) is 2. The van der Waals surface area contributed by atoms with Crippen molar-refractivity contribution in [2.24, 2.45) is 0 Å². The van der Waals surface area contributed by atoms with Crippen LogP contribution in [-0.4, -0.2) is 63.6 Å². The molecule has 0 saturated heterocycles. The van der Waals surface area contributed by atoms with Gasteiger partial charge in [0.15, 0.2) is 5.82 Å². The summed E-state index contributed by atoms with van der Waals surface area (Å²) in [5, 5.41) is 7.56. The molecule has 2 N–H and O–H groups in total. The van der Waals surface area contributed by atoms with Gasteiger partial charge in [0.25, 0.3) is 0 Å². The van der Waals surface area contributed by atoms with Gasteiger partial charge in [0, 0.05) is 17.9 Å². The second kappa shape index (κ2) is 10.1. The summed E-state index contributed by atoms with van der Waals surface area (Å²) >= 11 is 6.44. The Kier molecular flexibility index (Phi) is 7.47. The molecule has 2 aromatic carbocycles. The summed E-state index contributed by atoms with van der Waals surface area (Å²) in [6, 6.07) is 12.2. The van der Waals surface area contributed by atoms with Gasteiger partial charge in [0.05, 0.1) is 24.7 Å². The Balaban J connectivity index is 1.69.